The highest BCUT2D eigenvalue weighted by molar-refractivity contribution is 6.30. The fraction of sp³-hybridized carbons (Fsp3) is 0.267. The van der Waals surface area contributed by atoms with Crippen molar-refractivity contribution in [2.24, 2.45) is 5.11 Å². The average molecular weight is 316 g/mol. The van der Waals surface area contributed by atoms with Crippen LogP contribution in [0.25, 0.3) is 21.6 Å². The Morgan fingerprint density at radius 1 is 1.41 bits per heavy atom. The molecule has 1 N–H and O–H groups in total. The molecule has 0 radical (unpaired) electrons. The Morgan fingerprint density at radius 2 is 2.27 bits per heavy atom. The molecule has 1 aliphatic heterocycles. The van der Waals surface area contributed by atoms with E-state index in [0.717, 1.165) is 11.1 Å². The molecule has 1 unspecified atom stereocenters. The summed E-state index contributed by atoms with van der Waals surface area (Å²) in [4.78, 5) is 14.8. The Kier molecular flexibility index (Phi) is 4.04. The Labute approximate surface area is 132 Å². The van der Waals surface area contributed by atoms with Crippen LogP contribution in [-0.2, 0) is 0 Å². The summed E-state index contributed by atoms with van der Waals surface area (Å²) in [5, 5.41) is 7.10. The number of halogens is 1. The lowest BCUT2D eigenvalue weighted by atomic mass is 10.1. The lowest BCUT2D eigenvalue weighted by Gasteiger charge is -2.25. The molecule has 2 aromatic rings. The number of rotatable bonds is 4. The van der Waals surface area contributed by atoms with Crippen LogP contribution in [0.15, 0.2) is 41.6 Å². The fourth-order valence-electron chi connectivity index (χ4n) is 2.68. The summed E-state index contributed by atoms with van der Waals surface area (Å²) in [6.45, 7) is 0.942. The largest absolute Gasteiger partial charge is 0.349 e. The molecule has 3 rings (SSSR count). The van der Waals surface area contributed by atoms with E-state index in [1.165, 1.54) is 0 Å². The molecule has 0 spiro atoms. The summed E-state index contributed by atoms with van der Waals surface area (Å²) in [6.07, 6.45) is 2.64. The zero-order valence-corrected chi connectivity index (χ0v) is 12.5. The van der Waals surface area contributed by atoms with Crippen LogP contribution in [0.3, 0.4) is 0 Å². The predicted octanol–water partition coefficient (Wildman–Crippen LogP) is 3.79. The van der Waals surface area contributed by atoms with Gasteiger partial charge in [0.25, 0.3) is 5.91 Å². The molecule has 0 saturated carbocycles. The number of nitrogens with zero attached hydrogens (tertiary/aromatic N) is 4. The van der Waals surface area contributed by atoms with Crippen LogP contribution in [-0.4, -0.2) is 23.6 Å². The summed E-state index contributed by atoms with van der Waals surface area (Å²) in [7, 11) is 0. The second-order valence-corrected chi connectivity index (χ2v) is 5.58. The smallest absolute Gasteiger partial charge is 0.268 e. The molecule has 7 heteroatoms. The molecule has 0 fully saturated rings. The number of fused-ring (bicyclic) bond motifs is 1. The van der Waals surface area contributed by atoms with E-state index in [9.17, 15) is 4.79 Å². The third kappa shape index (κ3) is 2.79. The molecular formula is C15H14ClN5O. The minimum atomic E-state index is -0.0895. The van der Waals surface area contributed by atoms with Gasteiger partial charge in [0.05, 0.1) is 6.04 Å². The van der Waals surface area contributed by atoms with Crippen molar-refractivity contribution < 1.29 is 4.79 Å². The molecular weight excluding hydrogens is 302 g/mol. The summed E-state index contributed by atoms with van der Waals surface area (Å²) in [5.41, 5.74) is 10.9. The van der Waals surface area contributed by atoms with E-state index < -0.39 is 0 Å². The van der Waals surface area contributed by atoms with Gasteiger partial charge in [-0.05, 0) is 35.7 Å². The van der Waals surface area contributed by atoms with Crippen molar-refractivity contribution in [2.45, 2.75) is 12.5 Å². The summed E-state index contributed by atoms with van der Waals surface area (Å²) >= 11 is 6.03. The lowest BCUT2D eigenvalue weighted by molar-refractivity contribution is 0.0913. The van der Waals surface area contributed by atoms with Crippen molar-refractivity contribution >= 4 is 17.5 Å². The second-order valence-electron chi connectivity index (χ2n) is 5.14. The van der Waals surface area contributed by atoms with E-state index in [4.69, 9.17) is 17.1 Å². The number of benzene rings is 1. The fourth-order valence-corrected chi connectivity index (χ4v) is 2.87. The van der Waals surface area contributed by atoms with Gasteiger partial charge in [0.15, 0.2) is 0 Å². The zero-order chi connectivity index (χ0) is 15.5. The number of aromatic nitrogens is 1. The van der Waals surface area contributed by atoms with Crippen LogP contribution in [0, 0.1) is 0 Å². The van der Waals surface area contributed by atoms with Gasteiger partial charge in [-0.1, -0.05) is 28.8 Å². The SMILES string of the molecule is [N-]=[N+]=NCCC1CNC(=O)c2cc(-c3cccc(Cl)c3)cn21. The van der Waals surface area contributed by atoms with E-state index in [-0.39, 0.29) is 11.9 Å². The van der Waals surface area contributed by atoms with Crippen LogP contribution in [0.2, 0.25) is 5.02 Å². The van der Waals surface area contributed by atoms with Crippen molar-refractivity contribution in [3.63, 3.8) is 0 Å². The van der Waals surface area contributed by atoms with E-state index in [1.807, 2.05) is 41.1 Å². The quantitative estimate of drug-likeness (QED) is 0.519. The lowest BCUT2D eigenvalue weighted by Crippen LogP contribution is -2.38. The number of hydrogen-bond donors (Lipinski definition) is 1. The minimum Gasteiger partial charge on any atom is -0.349 e. The van der Waals surface area contributed by atoms with Gasteiger partial charge in [-0.3, -0.25) is 4.79 Å². The van der Waals surface area contributed by atoms with Crippen LogP contribution < -0.4 is 5.32 Å². The molecule has 1 aromatic carbocycles. The van der Waals surface area contributed by atoms with Crippen LogP contribution in [0.5, 0.6) is 0 Å². The van der Waals surface area contributed by atoms with Gasteiger partial charge in [-0.25, -0.2) is 0 Å². The number of carbonyl (C=O) groups is 1. The van der Waals surface area contributed by atoms with Crippen molar-refractivity contribution in [3.8, 4) is 11.1 Å². The normalized spacial score (nSPS) is 16.6. The number of nitrogens with one attached hydrogen (secondary N) is 1. The Hall–Kier alpha value is -2.43. The maximum atomic E-state index is 12.0. The summed E-state index contributed by atoms with van der Waals surface area (Å²) < 4.78 is 1.96. The Balaban J connectivity index is 1.95. The molecule has 1 aromatic heterocycles. The van der Waals surface area contributed by atoms with Crippen LogP contribution >= 0.6 is 11.6 Å². The monoisotopic (exact) mass is 315 g/mol. The van der Waals surface area contributed by atoms with E-state index in [2.05, 4.69) is 15.3 Å². The van der Waals surface area contributed by atoms with Crippen molar-refractivity contribution in [1.29, 1.82) is 0 Å². The molecule has 2 heterocycles. The maximum Gasteiger partial charge on any atom is 0.268 e. The molecule has 1 aliphatic rings. The zero-order valence-electron chi connectivity index (χ0n) is 11.7. The number of carbonyl (C=O) groups excluding carboxylic acids is 1. The van der Waals surface area contributed by atoms with Gasteiger partial charge in [-0.15, -0.1) is 0 Å². The van der Waals surface area contributed by atoms with Crippen LogP contribution in [0.4, 0.5) is 0 Å². The molecule has 22 heavy (non-hydrogen) atoms. The number of amides is 1. The average Bonchev–Trinajstić information content (AvgIpc) is 2.96. The Bertz CT molecular complexity index is 763. The third-order valence-corrected chi connectivity index (χ3v) is 3.99. The van der Waals surface area contributed by atoms with E-state index in [0.29, 0.717) is 30.2 Å². The molecule has 112 valence electrons. The van der Waals surface area contributed by atoms with Crippen LogP contribution in [0.1, 0.15) is 23.0 Å². The molecule has 6 nitrogen and oxygen atoms in total. The standard InChI is InChI=1S/C15H14ClN5O/c16-12-3-1-2-10(6-12)11-7-14-15(22)18-8-13(21(14)9-11)4-5-19-20-17/h1-3,6-7,9,13H,4-5,8H2,(H,18,22). The first-order chi connectivity index (χ1) is 10.7. The summed E-state index contributed by atoms with van der Waals surface area (Å²) in [6, 6.07) is 9.48. The highest BCUT2D eigenvalue weighted by Gasteiger charge is 2.25. The molecule has 1 atom stereocenters. The minimum absolute atomic E-state index is 0.0890. The molecule has 0 bridgehead atoms. The van der Waals surface area contributed by atoms with Gasteiger partial charge < -0.3 is 9.88 Å². The molecule has 0 aliphatic carbocycles. The highest BCUT2D eigenvalue weighted by Crippen LogP contribution is 2.29. The number of azide groups is 1. The van der Waals surface area contributed by atoms with Gasteiger partial charge in [-0.2, -0.15) is 0 Å². The Morgan fingerprint density at radius 3 is 3.05 bits per heavy atom. The third-order valence-electron chi connectivity index (χ3n) is 3.76. The number of hydrogen-bond acceptors (Lipinski definition) is 2. The molecule has 0 saturated heterocycles. The van der Waals surface area contributed by atoms with Crippen molar-refractivity contribution in [1.82, 2.24) is 9.88 Å². The first kappa shape index (κ1) is 14.5. The first-order valence-corrected chi connectivity index (χ1v) is 7.33. The van der Waals surface area contributed by atoms with Gasteiger partial charge in [0.1, 0.15) is 5.69 Å². The molecule has 1 amide bonds. The first-order valence-electron chi connectivity index (χ1n) is 6.96. The van der Waals surface area contributed by atoms with Gasteiger partial charge in [0, 0.05) is 34.8 Å². The predicted molar refractivity (Wildman–Crippen MR) is 84.9 cm³/mol. The topological polar surface area (TPSA) is 82.8 Å². The van der Waals surface area contributed by atoms with E-state index >= 15 is 0 Å². The summed E-state index contributed by atoms with van der Waals surface area (Å²) in [5.74, 6) is -0.0895. The van der Waals surface area contributed by atoms with Gasteiger partial charge >= 0.3 is 0 Å². The van der Waals surface area contributed by atoms with Gasteiger partial charge in [0.2, 0.25) is 0 Å². The van der Waals surface area contributed by atoms with Crippen molar-refractivity contribution in [3.05, 3.63) is 57.7 Å². The maximum absolute atomic E-state index is 12.0. The van der Waals surface area contributed by atoms with E-state index in [1.54, 1.807) is 0 Å². The van der Waals surface area contributed by atoms with Crippen molar-refractivity contribution in [2.75, 3.05) is 13.1 Å². The second kappa shape index (κ2) is 6.13. The highest BCUT2D eigenvalue weighted by atomic mass is 35.5.